The third-order valence-electron chi connectivity index (χ3n) is 4.35. The van der Waals surface area contributed by atoms with Crippen LogP contribution in [0.5, 0.6) is 0 Å². The molecule has 0 aliphatic heterocycles. The van der Waals surface area contributed by atoms with Crippen LogP contribution < -0.4 is 4.90 Å². The molecular weight excluding hydrogens is 340 g/mol. The molecule has 0 fully saturated rings. The third kappa shape index (κ3) is 3.86. The predicted molar refractivity (Wildman–Crippen MR) is 110 cm³/mol. The number of carbonyl (C=O) groups excluding carboxylic acids is 1. The van der Waals surface area contributed by atoms with Crippen LogP contribution in [-0.4, -0.2) is 17.4 Å². The van der Waals surface area contributed by atoms with Crippen LogP contribution in [0.3, 0.4) is 0 Å². The van der Waals surface area contributed by atoms with Crippen molar-refractivity contribution in [2.75, 3.05) is 11.4 Å². The summed E-state index contributed by atoms with van der Waals surface area (Å²) in [6, 6.07) is 17.9. The Hall–Kier alpha value is -2.46. The topological polar surface area (TPSA) is 33.2 Å². The minimum atomic E-state index is -0.0121. The number of anilines is 1. The van der Waals surface area contributed by atoms with E-state index in [4.69, 9.17) is 0 Å². The van der Waals surface area contributed by atoms with Gasteiger partial charge in [-0.05, 0) is 30.0 Å². The number of hydrogen-bond acceptors (Lipinski definition) is 3. The molecule has 0 radical (unpaired) electrons. The predicted octanol–water partition coefficient (Wildman–Crippen LogP) is 5.77. The van der Waals surface area contributed by atoms with Gasteiger partial charge in [0, 0.05) is 23.1 Å². The summed E-state index contributed by atoms with van der Waals surface area (Å²) in [6.07, 6.45) is 0. The van der Waals surface area contributed by atoms with Crippen LogP contribution in [0, 0.1) is 0 Å². The Balaban J connectivity index is 1.85. The van der Waals surface area contributed by atoms with Crippen molar-refractivity contribution in [1.82, 2.24) is 4.98 Å². The van der Waals surface area contributed by atoms with Crippen molar-refractivity contribution in [3.63, 3.8) is 0 Å². The molecule has 1 heterocycles. The molecule has 26 heavy (non-hydrogen) atoms. The standard InChI is InChI=1S/C22H24N2OS/c1-5-24(20(25)17-11-13-18(14-12-17)22(2,3)4)21-23-19(15-26-21)16-9-7-6-8-10-16/h6-15H,5H2,1-4H3. The summed E-state index contributed by atoms with van der Waals surface area (Å²) in [5.74, 6) is -0.0121. The molecule has 2 aromatic carbocycles. The number of benzene rings is 2. The van der Waals surface area contributed by atoms with Crippen molar-refractivity contribution in [1.29, 1.82) is 0 Å². The number of hydrogen-bond donors (Lipinski definition) is 0. The van der Waals surface area contributed by atoms with E-state index in [1.807, 2.05) is 66.9 Å². The van der Waals surface area contributed by atoms with Crippen molar-refractivity contribution >= 4 is 22.4 Å². The summed E-state index contributed by atoms with van der Waals surface area (Å²) in [7, 11) is 0. The van der Waals surface area contributed by atoms with Crippen molar-refractivity contribution < 1.29 is 4.79 Å². The molecule has 0 N–H and O–H groups in total. The van der Waals surface area contributed by atoms with Crippen LogP contribution in [0.25, 0.3) is 11.3 Å². The first-order chi connectivity index (χ1) is 12.4. The first-order valence-electron chi connectivity index (χ1n) is 8.83. The van der Waals surface area contributed by atoms with Gasteiger partial charge in [-0.25, -0.2) is 4.98 Å². The third-order valence-corrected chi connectivity index (χ3v) is 5.22. The average molecular weight is 365 g/mol. The fourth-order valence-corrected chi connectivity index (χ4v) is 3.66. The molecule has 3 aromatic rings. The van der Waals surface area contributed by atoms with Crippen LogP contribution >= 0.6 is 11.3 Å². The average Bonchev–Trinajstić information content (AvgIpc) is 3.12. The van der Waals surface area contributed by atoms with Gasteiger partial charge in [0.15, 0.2) is 5.13 Å². The van der Waals surface area contributed by atoms with E-state index in [-0.39, 0.29) is 11.3 Å². The van der Waals surface area contributed by atoms with Gasteiger partial charge in [0.05, 0.1) is 5.69 Å². The van der Waals surface area contributed by atoms with E-state index in [9.17, 15) is 4.79 Å². The molecule has 0 unspecified atom stereocenters. The van der Waals surface area contributed by atoms with Crippen molar-refractivity contribution in [3.8, 4) is 11.3 Å². The number of carbonyl (C=O) groups is 1. The molecular formula is C22H24N2OS. The Morgan fingerprint density at radius 2 is 1.69 bits per heavy atom. The number of rotatable bonds is 4. The Labute approximate surface area is 159 Å². The van der Waals surface area contributed by atoms with Gasteiger partial charge in [0.25, 0.3) is 5.91 Å². The highest BCUT2D eigenvalue weighted by molar-refractivity contribution is 7.14. The SMILES string of the molecule is CCN(C(=O)c1ccc(C(C)(C)C)cc1)c1nc(-c2ccccc2)cs1. The normalized spacial score (nSPS) is 11.4. The molecule has 0 atom stereocenters. The zero-order valence-corrected chi connectivity index (χ0v) is 16.5. The molecule has 4 heteroatoms. The van der Waals surface area contributed by atoms with Gasteiger partial charge >= 0.3 is 0 Å². The second-order valence-electron chi connectivity index (χ2n) is 7.26. The lowest BCUT2D eigenvalue weighted by molar-refractivity contribution is 0.0988. The molecule has 134 valence electrons. The first-order valence-corrected chi connectivity index (χ1v) is 9.71. The summed E-state index contributed by atoms with van der Waals surface area (Å²) >= 11 is 1.50. The largest absolute Gasteiger partial charge is 0.284 e. The van der Waals surface area contributed by atoms with E-state index in [1.165, 1.54) is 16.9 Å². The summed E-state index contributed by atoms with van der Waals surface area (Å²) in [4.78, 5) is 19.4. The van der Waals surface area contributed by atoms with Gasteiger partial charge in [-0.3, -0.25) is 9.69 Å². The van der Waals surface area contributed by atoms with Gasteiger partial charge in [0.2, 0.25) is 0 Å². The zero-order valence-electron chi connectivity index (χ0n) is 15.7. The number of amides is 1. The smallest absolute Gasteiger partial charge is 0.260 e. The van der Waals surface area contributed by atoms with Gasteiger partial charge in [-0.15, -0.1) is 11.3 Å². The van der Waals surface area contributed by atoms with E-state index < -0.39 is 0 Å². The van der Waals surface area contributed by atoms with Gasteiger partial charge < -0.3 is 0 Å². The highest BCUT2D eigenvalue weighted by Crippen LogP contribution is 2.29. The lowest BCUT2D eigenvalue weighted by Gasteiger charge is -2.21. The van der Waals surface area contributed by atoms with E-state index in [0.29, 0.717) is 12.1 Å². The van der Waals surface area contributed by atoms with E-state index in [1.54, 1.807) is 4.90 Å². The molecule has 0 aliphatic rings. The Morgan fingerprint density at radius 3 is 2.27 bits per heavy atom. The molecule has 0 saturated carbocycles. The lowest BCUT2D eigenvalue weighted by Crippen LogP contribution is -2.30. The summed E-state index contributed by atoms with van der Waals surface area (Å²) in [6.45, 7) is 9.07. The zero-order chi connectivity index (χ0) is 18.7. The first kappa shape index (κ1) is 18.3. The minimum Gasteiger partial charge on any atom is -0.284 e. The number of nitrogens with zero attached hydrogens (tertiary/aromatic N) is 2. The maximum absolute atomic E-state index is 13.0. The second-order valence-corrected chi connectivity index (χ2v) is 8.09. The molecule has 3 rings (SSSR count). The molecule has 1 amide bonds. The second kappa shape index (κ2) is 7.42. The monoisotopic (exact) mass is 364 g/mol. The van der Waals surface area contributed by atoms with Crippen molar-refractivity contribution in [3.05, 3.63) is 71.1 Å². The van der Waals surface area contributed by atoms with Crippen LogP contribution in [0.4, 0.5) is 5.13 Å². The van der Waals surface area contributed by atoms with E-state index in [0.717, 1.165) is 16.4 Å². The van der Waals surface area contributed by atoms with E-state index in [2.05, 4.69) is 25.8 Å². The maximum atomic E-state index is 13.0. The summed E-state index contributed by atoms with van der Waals surface area (Å²) < 4.78 is 0. The fourth-order valence-electron chi connectivity index (χ4n) is 2.76. The fraction of sp³-hybridized carbons (Fsp3) is 0.273. The Bertz CT molecular complexity index is 877. The number of aromatic nitrogens is 1. The molecule has 0 aliphatic carbocycles. The molecule has 0 saturated heterocycles. The summed E-state index contributed by atoms with van der Waals surface area (Å²) in [5, 5.41) is 2.74. The van der Waals surface area contributed by atoms with Crippen LogP contribution in [-0.2, 0) is 5.41 Å². The molecule has 1 aromatic heterocycles. The Kier molecular flexibility index (Phi) is 5.23. The van der Waals surface area contributed by atoms with Crippen LogP contribution in [0.15, 0.2) is 60.0 Å². The van der Waals surface area contributed by atoms with Crippen molar-refractivity contribution in [2.45, 2.75) is 33.1 Å². The van der Waals surface area contributed by atoms with E-state index >= 15 is 0 Å². The van der Waals surface area contributed by atoms with Gasteiger partial charge in [-0.1, -0.05) is 63.2 Å². The van der Waals surface area contributed by atoms with Crippen molar-refractivity contribution in [2.24, 2.45) is 0 Å². The number of thiazole rings is 1. The van der Waals surface area contributed by atoms with Gasteiger partial charge in [0.1, 0.15) is 0 Å². The minimum absolute atomic E-state index is 0.0121. The lowest BCUT2D eigenvalue weighted by atomic mass is 9.86. The quantitative estimate of drug-likeness (QED) is 0.588. The molecule has 0 spiro atoms. The maximum Gasteiger partial charge on any atom is 0.260 e. The van der Waals surface area contributed by atoms with Crippen LogP contribution in [0.1, 0.15) is 43.6 Å². The Morgan fingerprint density at radius 1 is 1.04 bits per heavy atom. The summed E-state index contributed by atoms with van der Waals surface area (Å²) in [5.41, 5.74) is 3.95. The molecule has 3 nitrogen and oxygen atoms in total. The van der Waals surface area contributed by atoms with Gasteiger partial charge in [-0.2, -0.15) is 0 Å². The molecule has 0 bridgehead atoms. The van der Waals surface area contributed by atoms with Crippen LogP contribution in [0.2, 0.25) is 0 Å². The highest BCUT2D eigenvalue weighted by Gasteiger charge is 2.20. The highest BCUT2D eigenvalue weighted by atomic mass is 32.1.